The Morgan fingerprint density at radius 3 is 1.46 bits per heavy atom. The van der Waals surface area contributed by atoms with Crippen molar-refractivity contribution < 1.29 is 4.74 Å². The maximum atomic E-state index is 6.03. The van der Waals surface area contributed by atoms with Crippen molar-refractivity contribution in [3.63, 3.8) is 0 Å². The third kappa shape index (κ3) is 11.0. The second-order valence-corrected chi connectivity index (χ2v) is 17.8. The van der Waals surface area contributed by atoms with Gasteiger partial charge in [0.1, 0.15) is 12.4 Å². The van der Waals surface area contributed by atoms with E-state index in [1.165, 1.54) is 96.0 Å². The molecule has 0 bridgehead atoms. The molecule has 0 unspecified atom stereocenters. The molecule has 5 rings (SSSR count). The molecule has 0 saturated carbocycles. The average molecular weight is 683 g/mol. The molecule has 0 spiro atoms. The van der Waals surface area contributed by atoms with Gasteiger partial charge >= 0.3 is 0 Å². The molecule has 0 aromatic heterocycles. The zero-order valence-corrected chi connectivity index (χ0v) is 31.5. The van der Waals surface area contributed by atoms with E-state index in [9.17, 15) is 0 Å². The van der Waals surface area contributed by atoms with E-state index in [4.69, 9.17) is 4.74 Å². The molecule has 0 radical (unpaired) electrons. The van der Waals surface area contributed by atoms with Crippen LogP contribution in [0.1, 0.15) is 74.5 Å². The Balaban J connectivity index is 1.16. The highest BCUT2D eigenvalue weighted by atomic mass is 31.2. The molecule has 2 nitrogen and oxygen atoms in total. The number of likely N-dealkylation sites (N-methyl/N-ethyl adjacent to an activating group) is 1. The predicted molar refractivity (Wildman–Crippen MR) is 221 cm³/mol. The Kier molecular flexibility index (Phi) is 14.9. The fourth-order valence-corrected chi connectivity index (χ4v) is 10.3. The van der Waals surface area contributed by atoms with Gasteiger partial charge in [-0.05, 0) is 104 Å². The maximum Gasteiger partial charge on any atom is 0.119 e. The fraction of sp³-hybridized carbons (Fsp3) is 0.319. The first-order valence-electron chi connectivity index (χ1n) is 18.7. The SMILES string of the molecule is CN(C)CCOc1ccc(/C(=C(/CCCCCCCCCC[P+](C)(c2ccccc2)c2ccccc2)c2ccccc2)c2ccccc2)cc1. The second kappa shape index (κ2) is 20.0. The third-order valence-electron chi connectivity index (χ3n) is 9.87. The lowest BCUT2D eigenvalue weighted by molar-refractivity contribution is 0.261. The zero-order valence-electron chi connectivity index (χ0n) is 30.6. The number of hydrogen-bond acceptors (Lipinski definition) is 2. The van der Waals surface area contributed by atoms with Gasteiger partial charge in [0, 0.05) is 6.54 Å². The first kappa shape index (κ1) is 37.3. The van der Waals surface area contributed by atoms with Crippen molar-refractivity contribution in [2.45, 2.75) is 57.8 Å². The lowest BCUT2D eigenvalue weighted by atomic mass is 9.86. The monoisotopic (exact) mass is 682 g/mol. The van der Waals surface area contributed by atoms with Crippen molar-refractivity contribution in [2.75, 3.05) is 40.1 Å². The second-order valence-electron chi connectivity index (χ2n) is 13.9. The molecule has 0 amide bonds. The molecule has 3 heteroatoms. The molecule has 5 aromatic rings. The normalized spacial score (nSPS) is 12.2. The summed E-state index contributed by atoms with van der Waals surface area (Å²) in [5.74, 6) is 0.923. The molecule has 5 aromatic carbocycles. The van der Waals surface area contributed by atoms with Crippen molar-refractivity contribution in [3.8, 4) is 5.75 Å². The standard InChI is InChI=1S/C47H57NOP/c1-48(2)37-38-49-43-35-33-42(34-36-43)47(41-26-16-11-17-27-41)46(40-24-14-10-15-25-40)32-22-8-6-4-5-7-9-23-39-50(3,44-28-18-12-19-29-44)45-30-20-13-21-31-45/h10-21,24-31,33-36H,4-9,22-23,32,37-39H2,1-3H3/q+1/b47-46-. The van der Waals surface area contributed by atoms with Gasteiger partial charge in [-0.3, -0.25) is 0 Å². The highest BCUT2D eigenvalue weighted by Gasteiger charge is 2.36. The van der Waals surface area contributed by atoms with Crippen LogP contribution in [0.5, 0.6) is 5.75 Å². The van der Waals surface area contributed by atoms with Gasteiger partial charge in [0.2, 0.25) is 0 Å². The summed E-state index contributed by atoms with van der Waals surface area (Å²) in [7, 11) is 2.80. The summed E-state index contributed by atoms with van der Waals surface area (Å²) < 4.78 is 6.03. The van der Waals surface area contributed by atoms with Crippen molar-refractivity contribution in [2.24, 2.45) is 0 Å². The molecule has 0 aliphatic heterocycles. The quantitative estimate of drug-likeness (QED) is 0.0460. The predicted octanol–water partition coefficient (Wildman–Crippen LogP) is 11.4. The average Bonchev–Trinajstić information content (AvgIpc) is 3.16. The molecule has 0 heterocycles. The summed E-state index contributed by atoms with van der Waals surface area (Å²) in [5.41, 5.74) is 6.59. The molecule has 0 N–H and O–H groups in total. The number of benzene rings is 5. The minimum Gasteiger partial charge on any atom is -0.492 e. The first-order valence-corrected chi connectivity index (χ1v) is 21.2. The Bertz CT molecular complexity index is 1640. The topological polar surface area (TPSA) is 12.5 Å². The molecule has 0 fully saturated rings. The van der Waals surface area contributed by atoms with Gasteiger partial charge in [0.05, 0.1) is 30.7 Å². The van der Waals surface area contributed by atoms with E-state index in [0.29, 0.717) is 6.61 Å². The molecule has 260 valence electrons. The largest absolute Gasteiger partial charge is 0.492 e. The number of unbranched alkanes of at least 4 members (excludes halogenated alkanes) is 7. The third-order valence-corrected chi connectivity index (χ3v) is 14.0. The van der Waals surface area contributed by atoms with E-state index in [2.05, 4.69) is 171 Å². The summed E-state index contributed by atoms with van der Waals surface area (Å²) in [6, 6.07) is 53.2. The number of hydrogen-bond donors (Lipinski definition) is 0. The zero-order chi connectivity index (χ0) is 34.9. The van der Waals surface area contributed by atoms with Crippen LogP contribution in [-0.2, 0) is 0 Å². The summed E-state index contributed by atoms with van der Waals surface area (Å²) in [5, 5.41) is 3.07. The highest BCUT2D eigenvalue weighted by molar-refractivity contribution is 7.88. The van der Waals surface area contributed by atoms with E-state index in [-0.39, 0.29) is 0 Å². The number of ether oxygens (including phenoxy) is 1. The van der Waals surface area contributed by atoms with Crippen molar-refractivity contribution >= 4 is 29.0 Å². The summed E-state index contributed by atoms with van der Waals surface area (Å²) in [6.45, 7) is 4.13. The van der Waals surface area contributed by atoms with Crippen molar-refractivity contribution in [1.82, 2.24) is 4.90 Å². The van der Waals surface area contributed by atoms with Crippen LogP contribution in [-0.4, -0.2) is 45.0 Å². The van der Waals surface area contributed by atoms with E-state index < -0.39 is 7.26 Å². The summed E-state index contributed by atoms with van der Waals surface area (Å²) in [6.07, 6.45) is 12.8. The Morgan fingerprint density at radius 1 is 0.500 bits per heavy atom. The van der Waals surface area contributed by atoms with Crippen LogP contribution in [0, 0.1) is 0 Å². The Morgan fingerprint density at radius 2 is 0.940 bits per heavy atom. The van der Waals surface area contributed by atoms with Crippen LogP contribution < -0.4 is 15.3 Å². The molecule has 0 saturated heterocycles. The van der Waals surface area contributed by atoms with Gasteiger partial charge in [0.15, 0.2) is 0 Å². The smallest absolute Gasteiger partial charge is 0.119 e. The lowest BCUT2D eigenvalue weighted by Gasteiger charge is -2.23. The molecular weight excluding hydrogens is 625 g/mol. The summed E-state index contributed by atoms with van der Waals surface area (Å²) >= 11 is 0. The van der Waals surface area contributed by atoms with Crippen molar-refractivity contribution in [1.29, 1.82) is 0 Å². The minimum absolute atomic E-state index is 0.687. The molecule has 50 heavy (non-hydrogen) atoms. The Labute approximate surface area is 303 Å². The van der Waals surface area contributed by atoms with E-state index in [1.54, 1.807) is 0 Å². The van der Waals surface area contributed by atoms with Crippen LogP contribution in [0.2, 0.25) is 0 Å². The summed E-state index contributed by atoms with van der Waals surface area (Å²) in [4.78, 5) is 2.15. The number of nitrogens with zero attached hydrogens (tertiary/aromatic N) is 1. The number of allylic oxidation sites excluding steroid dienone is 1. The van der Waals surface area contributed by atoms with Gasteiger partial charge in [-0.2, -0.15) is 0 Å². The highest BCUT2D eigenvalue weighted by Crippen LogP contribution is 2.53. The van der Waals surface area contributed by atoms with Gasteiger partial charge in [-0.1, -0.05) is 141 Å². The minimum atomic E-state index is -1.36. The maximum absolute atomic E-state index is 6.03. The van der Waals surface area contributed by atoms with Crippen molar-refractivity contribution in [3.05, 3.63) is 162 Å². The van der Waals surface area contributed by atoms with Gasteiger partial charge in [-0.25, -0.2) is 0 Å². The first-order chi connectivity index (χ1) is 24.5. The molecule has 0 aliphatic carbocycles. The number of rotatable bonds is 20. The Hall–Kier alpha value is -3.97. The van der Waals surface area contributed by atoms with Crippen LogP contribution in [0.15, 0.2) is 146 Å². The van der Waals surface area contributed by atoms with E-state index in [0.717, 1.165) is 18.7 Å². The van der Waals surface area contributed by atoms with Gasteiger partial charge in [0.25, 0.3) is 0 Å². The van der Waals surface area contributed by atoms with E-state index in [1.807, 2.05) is 0 Å². The van der Waals surface area contributed by atoms with Gasteiger partial charge in [-0.15, -0.1) is 0 Å². The van der Waals surface area contributed by atoms with Crippen LogP contribution in [0.3, 0.4) is 0 Å². The molecular formula is C47H57NOP+. The van der Waals surface area contributed by atoms with Gasteiger partial charge < -0.3 is 9.64 Å². The van der Waals surface area contributed by atoms with E-state index >= 15 is 0 Å². The van der Waals surface area contributed by atoms with Crippen LogP contribution >= 0.6 is 7.26 Å². The molecule has 0 atom stereocenters. The lowest BCUT2D eigenvalue weighted by Crippen LogP contribution is -2.23. The fourth-order valence-electron chi connectivity index (χ4n) is 6.95. The molecule has 0 aliphatic rings. The van der Waals surface area contributed by atoms with Crippen LogP contribution in [0.4, 0.5) is 0 Å². The van der Waals surface area contributed by atoms with Crippen LogP contribution in [0.25, 0.3) is 11.1 Å².